The molecule has 0 aliphatic rings. The van der Waals surface area contributed by atoms with Crippen molar-refractivity contribution in [2.45, 2.75) is 6.42 Å². The normalized spacial score (nSPS) is 10.5. The summed E-state index contributed by atoms with van der Waals surface area (Å²) in [5.41, 5.74) is 6.59. The predicted octanol–water partition coefficient (Wildman–Crippen LogP) is 4.14. The van der Waals surface area contributed by atoms with E-state index in [1.807, 2.05) is 0 Å². The fraction of sp³-hybridized carbons (Fsp3) is 0.0714. The Kier molecular flexibility index (Phi) is 4.08. The van der Waals surface area contributed by atoms with E-state index in [9.17, 15) is 9.18 Å². The van der Waals surface area contributed by atoms with Crippen molar-refractivity contribution in [3.63, 3.8) is 0 Å². The molecule has 0 atom stereocenters. The Morgan fingerprint density at radius 2 is 1.89 bits per heavy atom. The highest BCUT2D eigenvalue weighted by Gasteiger charge is 2.12. The molecule has 2 aromatic rings. The third-order valence-electron chi connectivity index (χ3n) is 2.68. The zero-order valence-corrected chi connectivity index (χ0v) is 11.3. The highest BCUT2D eigenvalue weighted by molar-refractivity contribution is 6.33. The van der Waals surface area contributed by atoms with Gasteiger partial charge in [0.05, 0.1) is 10.7 Å². The number of anilines is 1. The van der Waals surface area contributed by atoms with Gasteiger partial charge in [0.1, 0.15) is 5.82 Å². The Hall–Kier alpha value is -1.58. The van der Waals surface area contributed by atoms with Crippen molar-refractivity contribution < 1.29 is 9.18 Å². The minimum atomic E-state index is -0.459. The van der Waals surface area contributed by atoms with Crippen molar-refractivity contribution in [2.24, 2.45) is 0 Å². The number of ketones is 1. The molecule has 0 bridgehead atoms. The monoisotopic (exact) mass is 297 g/mol. The fourth-order valence-electron chi connectivity index (χ4n) is 1.67. The van der Waals surface area contributed by atoms with Crippen molar-refractivity contribution in [1.29, 1.82) is 0 Å². The molecular formula is C14H10Cl2FNO. The van der Waals surface area contributed by atoms with Crippen molar-refractivity contribution in [3.8, 4) is 0 Å². The second-order valence-electron chi connectivity index (χ2n) is 4.07. The Bertz CT molecular complexity index is 643. The number of hydrogen-bond donors (Lipinski definition) is 1. The van der Waals surface area contributed by atoms with Gasteiger partial charge in [-0.15, -0.1) is 0 Å². The van der Waals surface area contributed by atoms with E-state index in [0.717, 1.165) is 0 Å². The number of carbonyl (C=O) groups excluding carboxylic acids is 1. The predicted molar refractivity (Wildman–Crippen MR) is 75.3 cm³/mol. The molecule has 0 saturated carbocycles. The van der Waals surface area contributed by atoms with Crippen LogP contribution in [0.3, 0.4) is 0 Å². The van der Waals surface area contributed by atoms with Crippen LogP contribution in [0.5, 0.6) is 0 Å². The first-order chi connectivity index (χ1) is 8.97. The lowest BCUT2D eigenvalue weighted by Crippen LogP contribution is -2.06. The van der Waals surface area contributed by atoms with Crippen molar-refractivity contribution in [3.05, 3.63) is 63.4 Å². The van der Waals surface area contributed by atoms with Gasteiger partial charge in [-0.1, -0.05) is 23.2 Å². The van der Waals surface area contributed by atoms with Gasteiger partial charge in [0.25, 0.3) is 0 Å². The van der Waals surface area contributed by atoms with Crippen molar-refractivity contribution >= 4 is 34.7 Å². The molecule has 0 unspecified atom stereocenters. The molecule has 5 heteroatoms. The molecule has 0 radical (unpaired) electrons. The number of Topliss-reactive ketones (excluding diaryl/α,β-unsaturated/α-hetero) is 1. The Morgan fingerprint density at radius 3 is 2.58 bits per heavy atom. The quantitative estimate of drug-likeness (QED) is 0.683. The summed E-state index contributed by atoms with van der Waals surface area (Å²) in [7, 11) is 0. The van der Waals surface area contributed by atoms with Crippen LogP contribution in [0.1, 0.15) is 15.9 Å². The zero-order chi connectivity index (χ0) is 14.0. The van der Waals surface area contributed by atoms with E-state index in [2.05, 4.69) is 0 Å². The lowest BCUT2D eigenvalue weighted by molar-refractivity contribution is 0.0992. The molecule has 0 spiro atoms. The van der Waals surface area contributed by atoms with Crippen LogP contribution in [0.15, 0.2) is 36.4 Å². The van der Waals surface area contributed by atoms with Gasteiger partial charge in [0.15, 0.2) is 5.78 Å². The number of halogens is 3. The van der Waals surface area contributed by atoms with Gasteiger partial charge >= 0.3 is 0 Å². The zero-order valence-electron chi connectivity index (χ0n) is 9.79. The number of nitrogen functional groups attached to an aromatic ring is 1. The van der Waals surface area contributed by atoms with E-state index in [1.165, 1.54) is 24.3 Å². The number of rotatable bonds is 3. The van der Waals surface area contributed by atoms with Crippen molar-refractivity contribution in [2.75, 3.05) is 5.73 Å². The fourth-order valence-corrected chi connectivity index (χ4v) is 1.98. The van der Waals surface area contributed by atoms with Crippen LogP contribution in [-0.2, 0) is 6.42 Å². The van der Waals surface area contributed by atoms with E-state index in [0.29, 0.717) is 21.3 Å². The van der Waals surface area contributed by atoms with E-state index >= 15 is 0 Å². The first-order valence-corrected chi connectivity index (χ1v) is 6.25. The molecule has 0 saturated heterocycles. The molecule has 0 heterocycles. The Balaban J connectivity index is 2.25. The average molecular weight is 298 g/mol. The third-order valence-corrected chi connectivity index (χ3v) is 3.26. The van der Waals surface area contributed by atoms with E-state index in [-0.39, 0.29) is 17.8 Å². The molecular weight excluding hydrogens is 288 g/mol. The SMILES string of the molecule is Nc1cc(C(=O)Cc2cc(Cl)ccc2F)ccc1Cl. The molecule has 19 heavy (non-hydrogen) atoms. The van der Waals surface area contributed by atoms with Gasteiger partial charge in [-0.05, 0) is 42.0 Å². The van der Waals surface area contributed by atoms with E-state index in [1.54, 1.807) is 12.1 Å². The van der Waals surface area contributed by atoms with Crippen molar-refractivity contribution in [1.82, 2.24) is 0 Å². The molecule has 98 valence electrons. The van der Waals surface area contributed by atoms with Crippen LogP contribution in [0.4, 0.5) is 10.1 Å². The number of hydrogen-bond acceptors (Lipinski definition) is 2. The summed E-state index contributed by atoms with van der Waals surface area (Å²) < 4.78 is 13.5. The Morgan fingerprint density at radius 1 is 1.16 bits per heavy atom. The molecule has 0 aliphatic carbocycles. The molecule has 0 fully saturated rings. The summed E-state index contributed by atoms with van der Waals surface area (Å²) in [5, 5.41) is 0.769. The summed E-state index contributed by atoms with van der Waals surface area (Å²) >= 11 is 11.6. The summed E-state index contributed by atoms with van der Waals surface area (Å²) in [6, 6.07) is 8.69. The van der Waals surface area contributed by atoms with Crippen LogP contribution < -0.4 is 5.73 Å². The summed E-state index contributed by atoms with van der Waals surface area (Å²) in [4.78, 5) is 12.0. The highest BCUT2D eigenvalue weighted by Crippen LogP contribution is 2.22. The minimum absolute atomic E-state index is 0.0759. The average Bonchev–Trinajstić information content (AvgIpc) is 2.37. The van der Waals surface area contributed by atoms with E-state index in [4.69, 9.17) is 28.9 Å². The topological polar surface area (TPSA) is 43.1 Å². The van der Waals surface area contributed by atoms with Crippen LogP contribution in [-0.4, -0.2) is 5.78 Å². The second kappa shape index (κ2) is 5.59. The maximum Gasteiger partial charge on any atom is 0.167 e. The smallest absolute Gasteiger partial charge is 0.167 e. The summed E-state index contributed by atoms with van der Waals surface area (Å²) in [6.45, 7) is 0. The molecule has 2 nitrogen and oxygen atoms in total. The number of carbonyl (C=O) groups is 1. The highest BCUT2D eigenvalue weighted by atomic mass is 35.5. The van der Waals surface area contributed by atoms with Gasteiger partial charge in [0.2, 0.25) is 0 Å². The van der Waals surface area contributed by atoms with Gasteiger partial charge in [0, 0.05) is 17.0 Å². The number of benzene rings is 2. The van der Waals surface area contributed by atoms with Gasteiger partial charge < -0.3 is 5.73 Å². The summed E-state index contributed by atoms with van der Waals surface area (Å²) in [6.07, 6.45) is -0.0759. The van der Waals surface area contributed by atoms with E-state index < -0.39 is 5.82 Å². The minimum Gasteiger partial charge on any atom is -0.398 e. The molecule has 0 aromatic heterocycles. The largest absolute Gasteiger partial charge is 0.398 e. The molecule has 2 aromatic carbocycles. The summed E-state index contributed by atoms with van der Waals surface area (Å²) in [5.74, 6) is -0.704. The Labute approximate surface area is 119 Å². The van der Waals surface area contributed by atoms with Crippen LogP contribution >= 0.6 is 23.2 Å². The van der Waals surface area contributed by atoms with Crippen LogP contribution in [0, 0.1) is 5.82 Å². The van der Waals surface area contributed by atoms with Crippen LogP contribution in [0.2, 0.25) is 10.0 Å². The maximum absolute atomic E-state index is 13.5. The van der Waals surface area contributed by atoms with Crippen LogP contribution in [0.25, 0.3) is 0 Å². The molecule has 2 N–H and O–H groups in total. The second-order valence-corrected chi connectivity index (χ2v) is 4.92. The first-order valence-electron chi connectivity index (χ1n) is 5.49. The van der Waals surface area contributed by atoms with Gasteiger partial charge in [-0.25, -0.2) is 4.39 Å². The van der Waals surface area contributed by atoms with Gasteiger partial charge in [-0.2, -0.15) is 0 Å². The van der Waals surface area contributed by atoms with Gasteiger partial charge in [-0.3, -0.25) is 4.79 Å². The molecule has 0 amide bonds. The third kappa shape index (κ3) is 3.25. The maximum atomic E-state index is 13.5. The molecule has 2 rings (SSSR count). The molecule has 0 aliphatic heterocycles. The lowest BCUT2D eigenvalue weighted by Gasteiger charge is -2.05. The lowest BCUT2D eigenvalue weighted by atomic mass is 10.0. The standard InChI is InChI=1S/C14H10Cl2FNO/c15-10-2-4-12(17)9(5-10)7-14(19)8-1-3-11(16)13(18)6-8/h1-6H,7,18H2. The number of nitrogens with two attached hydrogens (primary N) is 1. The first kappa shape index (κ1) is 13.8.